The van der Waals surface area contributed by atoms with Crippen LogP contribution >= 0.6 is 12.6 Å². The van der Waals surface area contributed by atoms with E-state index in [1.807, 2.05) is 20.8 Å². The number of hydrogen-bond donors (Lipinski definition) is 3. The molecule has 0 aromatic rings. The van der Waals surface area contributed by atoms with Gasteiger partial charge in [-0.3, -0.25) is 9.59 Å². The molecule has 1 saturated carbocycles. The minimum atomic E-state index is -0.635. The Balaban J connectivity index is 1.84. The zero-order valence-corrected chi connectivity index (χ0v) is 15.4. The first-order valence-corrected chi connectivity index (χ1v) is 8.92. The average molecular weight is 357 g/mol. The van der Waals surface area contributed by atoms with E-state index in [1.165, 1.54) is 4.90 Å². The molecule has 1 saturated heterocycles. The number of carbonyl (C=O) groups excluding carboxylic acids is 3. The fourth-order valence-electron chi connectivity index (χ4n) is 3.43. The van der Waals surface area contributed by atoms with Crippen molar-refractivity contribution in [1.82, 2.24) is 10.2 Å². The maximum absolute atomic E-state index is 12.5. The topological polar surface area (TPSA) is 102 Å². The maximum atomic E-state index is 12.5. The van der Waals surface area contributed by atoms with Crippen molar-refractivity contribution in [3.63, 3.8) is 0 Å². The Morgan fingerprint density at radius 1 is 1.42 bits per heavy atom. The molecule has 7 nitrogen and oxygen atoms in total. The molecular formula is C16H27N3O4S. The molecule has 0 bridgehead atoms. The largest absolute Gasteiger partial charge is 0.444 e. The summed E-state index contributed by atoms with van der Waals surface area (Å²) in [5, 5.41) is 2.87. The van der Waals surface area contributed by atoms with Crippen molar-refractivity contribution in [1.29, 1.82) is 0 Å². The summed E-state index contributed by atoms with van der Waals surface area (Å²) < 4.78 is 5.26. The summed E-state index contributed by atoms with van der Waals surface area (Å²) in [5.74, 6) is -0.301. The van der Waals surface area contributed by atoms with Crippen LogP contribution in [0.25, 0.3) is 0 Å². The minimum Gasteiger partial charge on any atom is -0.444 e. The van der Waals surface area contributed by atoms with E-state index in [0.29, 0.717) is 19.4 Å². The molecular weight excluding hydrogens is 330 g/mol. The van der Waals surface area contributed by atoms with Crippen molar-refractivity contribution < 1.29 is 19.1 Å². The monoisotopic (exact) mass is 357 g/mol. The van der Waals surface area contributed by atoms with E-state index < -0.39 is 29.1 Å². The first kappa shape index (κ1) is 18.9. The van der Waals surface area contributed by atoms with Gasteiger partial charge in [-0.25, -0.2) is 4.79 Å². The highest BCUT2D eigenvalue weighted by atomic mass is 32.1. The number of β-lactam (4-membered cyclic amide) rings is 1. The van der Waals surface area contributed by atoms with Gasteiger partial charge in [0.1, 0.15) is 11.6 Å². The van der Waals surface area contributed by atoms with Crippen LogP contribution in [0, 0.1) is 5.41 Å². The van der Waals surface area contributed by atoms with Gasteiger partial charge >= 0.3 is 6.09 Å². The SMILES string of the molecule is CC(C)(C)OC(=O)NC1CCC2(CC1)CN([C@@H](CS)C(N)=O)C2=O. The van der Waals surface area contributed by atoms with Crippen molar-refractivity contribution in [2.75, 3.05) is 12.3 Å². The first-order valence-electron chi connectivity index (χ1n) is 8.29. The molecule has 3 amide bonds. The van der Waals surface area contributed by atoms with E-state index >= 15 is 0 Å². The molecule has 2 aliphatic rings. The third-order valence-corrected chi connectivity index (χ3v) is 5.07. The highest BCUT2D eigenvalue weighted by Crippen LogP contribution is 2.45. The predicted molar refractivity (Wildman–Crippen MR) is 92.6 cm³/mol. The smallest absolute Gasteiger partial charge is 0.407 e. The molecule has 2 fully saturated rings. The summed E-state index contributed by atoms with van der Waals surface area (Å²) in [6.07, 6.45) is 2.41. The van der Waals surface area contributed by atoms with Gasteiger partial charge in [-0.05, 0) is 46.5 Å². The standard InChI is InChI=1S/C16H27N3O4S/c1-15(2,3)23-14(22)18-10-4-6-16(7-5-10)9-19(13(16)21)11(8-24)12(17)20/h10-11,24H,4-9H2,1-3H3,(H2,17,20)(H,18,22)/t10?,11-,16?/m0/s1. The molecule has 1 aliphatic carbocycles. The van der Waals surface area contributed by atoms with E-state index in [0.717, 1.165) is 12.8 Å². The van der Waals surface area contributed by atoms with Gasteiger partial charge in [-0.1, -0.05) is 0 Å². The highest BCUT2D eigenvalue weighted by Gasteiger charge is 2.55. The number of nitrogens with zero attached hydrogens (tertiary/aromatic N) is 1. The van der Waals surface area contributed by atoms with Crippen LogP contribution in [0.1, 0.15) is 46.5 Å². The second kappa shape index (κ2) is 6.82. The summed E-state index contributed by atoms with van der Waals surface area (Å²) in [7, 11) is 0. The van der Waals surface area contributed by atoms with Gasteiger partial charge in [-0.2, -0.15) is 12.6 Å². The maximum Gasteiger partial charge on any atom is 0.407 e. The number of rotatable bonds is 4. The molecule has 0 unspecified atom stereocenters. The Morgan fingerprint density at radius 2 is 2.00 bits per heavy atom. The molecule has 24 heavy (non-hydrogen) atoms. The molecule has 1 heterocycles. The Kier molecular flexibility index (Phi) is 5.37. The van der Waals surface area contributed by atoms with Gasteiger partial charge in [0, 0.05) is 18.3 Å². The lowest BCUT2D eigenvalue weighted by molar-refractivity contribution is -0.170. The Labute approximate surface area is 148 Å². The lowest BCUT2D eigenvalue weighted by atomic mass is 9.66. The number of ether oxygens (including phenoxy) is 1. The molecule has 1 aliphatic heterocycles. The van der Waals surface area contributed by atoms with E-state index in [-0.39, 0.29) is 17.7 Å². The molecule has 8 heteroatoms. The molecule has 3 N–H and O–H groups in total. The van der Waals surface area contributed by atoms with Crippen LogP contribution in [0.5, 0.6) is 0 Å². The summed E-state index contributed by atoms with van der Waals surface area (Å²) >= 11 is 4.10. The summed E-state index contributed by atoms with van der Waals surface area (Å²) in [5.41, 5.74) is 4.40. The number of alkyl carbamates (subject to hydrolysis) is 1. The van der Waals surface area contributed by atoms with Crippen molar-refractivity contribution in [3.05, 3.63) is 0 Å². The van der Waals surface area contributed by atoms with Gasteiger partial charge in [0.15, 0.2) is 0 Å². The van der Waals surface area contributed by atoms with E-state index in [9.17, 15) is 14.4 Å². The second-order valence-corrected chi connectivity index (χ2v) is 8.10. The van der Waals surface area contributed by atoms with Crippen LogP contribution in [-0.4, -0.2) is 52.8 Å². The average Bonchev–Trinajstić information content (AvgIpc) is 2.46. The van der Waals surface area contributed by atoms with Crippen LogP contribution in [0.15, 0.2) is 0 Å². The van der Waals surface area contributed by atoms with E-state index in [2.05, 4.69) is 17.9 Å². The summed E-state index contributed by atoms with van der Waals surface area (Å²) in [4.78, 5) is 37.3. The number of amides is 3. The molecule has 1 spiro atoms. The van der Waals surface area contributed by atoms with Gasteiger partial charge in [0.25, 0.3) is 0 Å². The Morgan fingerprint density at radius 3 is 2.42 bits per heavy atom. The van der Waals surface area contributed by atoms with Gasteiger partial charge in [0.05, 0.1) is 5.41 Å². The lowest BCUT2D eigenvalue weighted by Gasteiger charge is -2.53. The lowest BCUT2D eigenvalue weighted by Crippen LogP contribution is -2.68. The van der Waals surface area contributed by atoms with Crippen molar-refractivity contribution in [3.8, 4) is 0 Å². The molecule has 136 valence electrons. The number of nitrogens with two attached hydrogens (primary N) is 1. The Bertz CT molecular complexity index is 524. The van der Waals surface area contributed by atoms with Crippen LogP contribution in [0.4, 0.5) is 4.79 Å². The number of primary amides is 1. The molecule has 1 atom stereocenters. The molecule has 0 aromatic carbocycles. The quantitative estimate of drug-likeness (QED) is 0.517. The van der Waals surface area contributed by atoms with Gasteiger partial charge < -0.3 is 20.7 Å². The zero-order valence-electron chi connectivity index (χ0n) is 14.5. The number of thiol groups is 1. The first-order chi connectivity index (χ1) is 11.1. The summed E-state index contributed by atoms with van der Waals surface area (Å²) in [6.45, 7) is 6.00. The van der Waals surface area contributed by atoms with E-state index in [4.69, 9.17) is 10.5 Å². The molecule has 2 rings (SSSR count). The number of nitrogens with one attached hydrogen (secondary N) is 1. The van der Waals surface area contributed by atoms with Gasteiger partial charge in [-0.15, -0.1) is 0 Å². The highest BCUT2D eigenvalue weighted by molar-refractivity contribution is 7.80. The van der Waals surface area contributed by atoms with Crippen molar-refractivity contribution >= 4 is 30.5 Å². The van der Waals surface area contributed by atoms with Crippen molar-refractivity contribution in [2.45, 2.75) is 64.1 Å². The third-order valence-electron chi connectivity index (χ3n) is 4.73. The number of likely N-dealkylation sites (tertiary alicyclic amines) is 1. The van der Waals surface area contributed by atoms with Crippen LogP contribution in [-0.2, 0) is 14.3 Å². The molecule has 0 radical (unpaired) electrons. The predicted octanol–water partition coefficient (Wildman–Crippen LogP) is 1.07. The summed E-state index contributed by atoms with van der Waals surface area (Å²) in [6, 6.07) is -0.617. The normalized spacial score (nSPS) is 28.2. The zero-order chi connectivity index (χ0) is 18.1. The van der Waals surface area contributed by atoms with Crippen molar-refractivity contribution in [2.24, 2.45) is 11.1 Å². The number of carbonyl (C=O) groups is 3. The van der Waals surface area contributed by atoms with Crippen LogP contribution < -0.4 is 11.1 Å². The Hall–Kier alpha value is -1.44. The fourth-order valence-corrected chi connectivity index (χ4v) is 3.81. The van der Waals surface area contributed by atoms with Gasteiger partial charge in [0.2, 0.25) is 11.8 Å². The second-order valence-electron chi connectivity index (χ2n) is 7.73. The van der Waals surface area contributed by atoms with Crippen LogP contribution in [0.3, 0.4) is 0 Å². The van der Waals surface area contributed by atoms with E-state index in [1.54, 1.807) is 0 Å². The minimum absolute atomic E-state index is 0.0175. The molecule has 0 aromatic heterocycles. The third kappa shape index (κ3) is 3.96. The fraction of sp³-hybridized carbons (Fsp3) is 0.812. The number of hydrogen-bond acceptors (Lipinski definition) is 5. The van der Waals surface area contributed by atoms with Crippen LogP contribution in [0.2, 0.25) is 0 Å².